The number of hydrogen-bond acceptors (Lipinski definition) is 2. The van der Waals surface area contributed by atoms with E-state index >= 15 is 0 Å². The van der Waals surface area contributed by atoms with Crippen molar-refractivity contribution in [3.05, 3.63) is 41.5 Å². The minimum atomic E-state index is 0.108. The van der Waals surface area contributed by atoms with Crippen LogP contribution in [0.3, 0.4) is 0 Å². The van der Waals surface area contributed by atoms with Gasteiger partial charge in [0.1, 0.15) is 5.75 Å². The van der Waals surface area contributed by atoms with Gasteiger partial charge in [-0.25, -0.2) is 0 Å². The van der Waals surface area contributed by atoms with E-state index in [2.05, 4.69) is 19.1 Å². The summed E-state index contributed by atoms with van der Waals surface area (Å²) in [4.78, 5) is 11.4. The third kappa shape index (κ3) is 7.12. The molecule has 2 nitrogen and oxygen atoms in total. The highest BCUT2D eigenvalue weighted by atomic mass is 16.5. The lowest BCUT2D eigenvalue weighted by molar-refractivity contribution is 0.101. The number of allylic oxidation sites excluding steroid dienone is 2. The minimum absolute atomic E-state index is 0.108. The predicted molar refractivity (Wildman–Crippen MR) is 89.2 cm³/mol. The Bertz CT molecular complexity index is 461. The first-order valence-electron chi connectivity index (χ1n) is 8.04. The molecule has 116 valence electrons. The maximum absolute atomic E-state index is 11.4. The molecule has 0 N–H and O–H groups in total. The highest BCUT2D eigenvalue weighted by Gasteiger charge is 2.04. The van der Waals surface area contributed by atoms with Crippen molar-refractivity contribution in [1.82, 2.24) is 0 Å². The van der Waals surface area contributed by atoms with Crippen molar-refractivity contribution in [2.45, 2.75) is 59.3 Å². The normalized spacial score (nSPS) is 11.0. The number of ketones is 1. The number of Topliss-reactive ketones (excluding diaryl/α,β-unsaturated/α-hetero) is 1. The molecule has 0 aliphatic heterocycles. The summed E-state index contributed by atoms with van der Waals surface area (Å²) in [6, 6.07) is 5.69. The summed E-state index contributed by atoms with van der Waals surface area (Å²) < 4.78 is 5.74. The number of carbonyl (C=O) groups excluding carboxylic acids is 1. The Hall–Kier alpha value is -1.57. The van der Waals surface area contributed by atoms with Crippen LogP contribution in [0.2, 0.25) is 0 Å². The average molecular weight is 288 g/mol. The van der Waals surface area contributed by atoms with Crippen LogP contribution in [0.4, 0.5) is 0 Å². The van der Waals surface area contributed by atoms with Crippen molar-refractivity contribution in [1.29, 1.82) is 0 Å². The van der Waals surface area contributed by atoms with E-state index in [1.54, 1.807) is 6.92 Å². The van der Waals surface area contributed by atoms with Crippen molar-refractivity contribution in [2.75, 3.05) is 6.61 Å². The summed E-state index contributed by atoms with van der Waals surface area (Å²) in [6.07, 6.45) is 11.7. The van der Waals surface area contributed by atoms with Gasteiger partial charge in [0, 0.05) is 5.56 Å². The summed E-state index contributed by atoms with van der Waals surface area (Å²) >= 11 is 0. The van der Waals surface area contributed by atoms with Crippen molar-refractivity contribution >= 4 is 5.78 Å². The molecule has 0 aliphatic rings. The van der Waals surface area contributed by atoms with E-state index in [1.165, 1.54) is 25.7 Å². The third-order valence-electron chi connectivity index (χ3n) is 3.51. The van der Waals surface area contributed by atoms with Crippen LogP contribution in [-0.4, -0.2) is 12.4 Å². The van der Waals surface area contributed by atoms with E-state index < -0.39 is 0 Å². The van der Waals surface area contributed by atoms with Crippen molar-refractivity contribution in [3.63, 3.8) is 0 Å². The first-order valence-corrected chi connectivity index (χ1v) is 8.04. The second kappa shape index (κ2) is 10.2. The molecule has 0 heterocycles. The van der Waals surface area contributed by atoms with E-state index in [1.807, 2.05) is 25.1 Å². The molecule has 0 aliphatic carbocycles. The van der Waals surface area contributed by atoms with E-state index in [4.69, 9.17) is 4.74 Å². The van der Waals surface area contributed by atoms with Gasteiger partial charge < -0.3 is 4.74 Å². The fourth-order valence-corrected chi connectivity index (χ4v) is 2.31. The van der Waals surface area contributed by atoms with Crippen LogP contribution < -0.4 is 4.74 Å². The molecule has 0 amide bonds. The molecule has 1 rings (SSSR count). The van der Waals surface area contributed by atoms with E-state index in [9.17, 15) is 4.79 Å². The van der Waals surface area contributed by atoms with Gasteiger partial charge in [-0.3, -0.25) is 4.79 Å². The third-order valence-corrected chi connectivity index (χ3v) is 3.51. The number of ether oxygens (including phenoxy) is 1. The Morgan fingerprint density at radius 3 is 2.57 bits per heavy atom. The van der Waals surface area contributed by atoms with Crippen molar-refractivity contribution in [3.8, 4) is 5.75 Å². The molecule has 21 heavy (non-hydrogen) atoms. The molecule has 0 atom stereocenters. The van der Waals surface area contributed by atoms with E-state index in [0.717, 1.165) is 36.3 Å². The smallest absolute Gasteiger partial charge is 0.160 e. The molecular formula is C19H28O2. The maximum atomic E-state index is 11.4. The van der Waals surface area contributed by atoms with Crippen LogP contribution in [0.1, 0.15) is 68.3 Å². The summed E-state index contributed by atoms with van der Waals surface area (Å²) in [5.74, 6) is 0.972. The molecular weight excluding hydrogens is 260 g/mol. The molecule has 1 aromatic rings. The molecule has 2 heteroatoms. The van der Waals surface area contributed by atoms with E-state index in [-0.39, 0.29) is 5.78 Å². The average Bonchev–Trinajstić information content (AvgIpc) is 2.45. The molecule has 0 aromatic heterocycles. The van der Waals surface area contributed by atoms with Crippen LogP contribution in [0.25, 0.3) is 0 Å². The fourth-order valence-electron chi connectivity index (χ4n) is 2.31. The summed E-state index contributed by atoms with van der Waals surface area (Å²) in [7, 11) is 0. The van der Waals surface area contributed by atoms with Gasteiger partial charge in [0.2, 0.25) is 0 Å². The molecule has 0 unspecified atom stereocenters. The molecule has 0 spiro atoms. The van der Waals surface area contributed by atoms with Crippen LogP contribution in [0.5, 0.6) is 5.75 Å². The van der Waals surface area contributed by atoms with Crippen LogP contribution in [-0.2, 0) is 0 Å². The highest BCUT2D eigenvalue weighted by Crippen LogP contribution is 2.18. The van der Waals surface area contributed by atoms with Crippen molar-refractivity contribution in [2.24, 2.45) is 0 Å². The number of carbonyl (C=O) groups is 1. The molecule has 0 radical (unpaired) electrons. The SMILES string of the molecule is CC/C=C\CCCCCCOc1ccc(C(C)=O)c(C)c1. The highest BCUT2D eigenvalue weighted by molar-refractivity contribution is 5.95. The predicted octanol–water partition coefficient (Wildman–Crippen LogP) is 5.49. The first kappa shape index (κ1) is 17.5. The van der Waals surface area contributed by atoms with Crippen LogP contribution >= 0.6 is 0 Å². The lowest BCUT2D eigenvalue weighted by Crippen LogP contribution is -2.00. The Morgan fingerprint density at radius 1 is 1.14 bits per heavy atom. The van der Waals surface area contributed by atoms with Crippen LogP contribution in [0, 0.1) is 6.92 Å². The Kier molecular flexibility index (Phi) is 8.49. The van der Waals surface area contributed by atoms with Gasteiger partial charge in [0.05, 0.1) is 6.61 Å². The Morgan fingerprint density at radius 2 is 1.90 bits per heavy atom. The Balaban J connectivity index is 2.17. The minimum Gasteiger partial charge on any atom is -0.494 e. The largest absolute Gasteiger partial charge is 0.494 e. The zero-order valence-electron chi connectivity index (χ0n) is 13.7. The molecule has 0 fully saturated rings. The topological polar surface area (TPSA) is 26.3 Å². The number of benzene rings is 1. The van der Waals surface area contributed by atoms with Gasteiger partial charge in [-0.05, 0) is 63.3 Å². The number of unbranched alkanes of at least 4 members (excludes halogenated alkanes) is 4. The van der Waals surface area contributed by atoms with E-state index in [0.29, 0.717) is 0 Å². The van der Waals surface area contributed by atoms with Crippen LogP contribution in [0.15, 0.2) is 30.4 Å². The summed E-state index contributed by atoms with van der Waals surface area (Å²) in [5, 5.41) is 0. The van der Waals surface area contributed by atoms with Gasteiger partial charge in [-0.2, -0.15) is 0 Å². The van der Waals surface area contributed by atoms with Gasteiger partial charge in [-0.15, -0.1) is 0 Å². The first-order chi connectivity index (χ1) is 10.1. The standard InChI is InChI=1S/C19H28O2/c1-4-5-6-7-8-9-10-11-14-21-18-12-13-19(17(3)20)16(2)15-18/h5-6,12-13,15H,4,7-11,14H2,1-3H3/b6-5-. The molecule has 0 bridgehead atoms. The zero-order valence-corrected chi connectivity index (χ0v) is 13.7. The second-order valence-corrected chi connectivity index (χ2v) is 5.46. The quantitative estimate of drug-likeness (QED) is 0.323. The fraction of sp³-hybridized carbons (Fsp3) is 0.526. The van der Waals surface area contributed by atoms with Gasteiger partial charge in [-0.1, -0.05) is 31.9 Å². The number of rotatable bonds is 10. The maximum Gasteiger partial charge on any atom is 0.160 e. The van der Waals surface area contributed by atoms with Gasteiger partial charge >= 0.3 is 0 Å². The van der Waals surface area contributed by atoms with Crippen molar-refractivity contribution < 1.29 is 9.53 Å². The monoisotopic (exact) mass is 288 g/mol. The van der Waals surface area contributed by atoms with Gasteiger partial charge in [0.15, 0.2) is 5.78 Å². The van der Waals surface area contributed by atoms with Gasteiger partial charge in [0.25, 0.3) is 0 Å². The molecule has 1 aromatic carbocycles. The zero-order chi connectivity index (χ0) is 15.5. The molecule has 0 saturated heterocycles. The lowest BCUT2D eigenvalue weighted by Gasteiger charge is -2.08. The summed E-state index contributed by atoms with van der Waals surface area (Å²) in [5.41, 5.74) is 1.77. The number of hydrogen-bond donors (Lipinski definition) is 0. The second-order valence-electron chi connectivity index (χ2n) is 5.46. The lowest BCUT2D eigenvalue weighted by atomic mass is 10.1. The number of aryl methyl sites for hydroxylation is 1. The summed E-state index contributed by atoms with van der Waals surface area (Å²) in [6.45, 7) is 6.47. The Labute approximate surface area is 129 Å². The molecule has 0 saturated carbocycles.